The molecule has 6 heteroatoms. The van der Waals surface area contributed by atoms with E-state index in [0.717, 1.165) is 18.7 Å². The van der Waals surface area contributed by atoms with Crippen LogP contribution in [0.4, 0.5) is 5.69 Å². The van der Waals surface area contributed by atoms with Gasteiger partial charge in [0.1, 0.15) is 0 Å². The first-order valence-corrected chi connectivity index (χ1v) is 5.65. The van der Waals surface area contributed by atoms with Crippen LogP contribution in [0, 0.1) is 5.41 Å². The first kappa shape index (κ1) is 16.2. The lowest BCUT2D eigenvalue weighted by molar-refractivity contribution is 0.866. The summed E-state index contributed by atoms with van der Waals surface area (Å²) in [5.41, 5.74) is 9.65. The predicted molar refractivity (Wildman–Crippen MR) is 79.9 cm³/mol. The number of hydrogen-bond donors (Lipinski definition) is 3. The maximum Gasteiger partial charge on any atom is 0.206 e. The van der Waals surface area contributed by atoms with E-state index in [9.17, 15) is 0 Å². The number of hydrazone groups is 1. The Bertz CT molecular complexity index is 384. The Morgan fingerprint density at radius 3 is 2.33 bits per heavy atom. The van der Waals surface area contributed by atoms with Crippen LogP contribution in [0.25, 0.3) is 0 Å². The molecule has 1 aromatic rings. The minimum Gasteiger partial charge on any atom is -0.372 e. The maximum atomic E-state index is 6.95. The normalized spacial score (nSPS) is 9.89. The van der Waals surface area contributed by atoms with Crippen LogP contribution in [0.15, 0.2) is 29.4 Å². The number of rotatable bonds is 5. The van der Waals surface area contributed by atoms with Gasteiger partial charge in [0, 0.05) is 18.8 Å². The molecule has 0 saturated carbocycles. The first-order valence-electron chi connectivity index (χ1n) is 5.65. The molecule has 0 unspecified atom stereocenters. The van der Waals surface area contributed by atoms with Crippen molar-refractivity contribution in [3.05, 3.63) is 29.8 Å². The summed E-state index contributed by atoms with van der Waals surface area (Å²) in [5, 5.41) is 10.8. The number of hydrogen-bond acceptors (Lipinski definition) is 3. The molecule has 0 amide bonds. The monoisotopic (exact) mass is 269 g/mol. The zero-order valence-electron chi connectivity index (χ0n) is 10.7. The second-order valence-corrected chi connectivity index (χ2v) is 3.55. The molecule has 0 saturated heterocycles. The molecular formula is C12H20ClN5. The fourth-order valence-electron chi connectivity index (χ4n) is 1.54. The topological polar surface area (TPSA) is 77.5 Å². The molecule has 0 aliphatic carbocycles. The average Bonchev–Trinajstić information content (AvgIpc) is 2.32. The van der Waals surface area contributed by atoms with Gasteiger partial charge in [-0.15, -0.1) is 12.4 Å². The molecule has 100 valence electrons. The molecule has 0 aliphatic heterocycles. The van der Waals surface area contributed by atoms with Crippen LogP contribution in [0.1, 0.15) is 19.4 Å². The summed E-state index contributed by atoms with van der Waals surface area (Å²) in [7, 11) is 0. The number of nitrogens with one attached hydrogen (secondary N) is 2. The van der Waals surface area contributed by atoms with Crippen LogP contribution in [0.3, 0.4) is 0 Å². The number of nitrogens with zero attached hydrogens (tertiary/aromatic N) is 2. The fraction of sp³-hybridized carbons (Fsp3) is 0.333. The van der Waals surface area contributed by atoms with Crippen molar-refractivity contribution >= 4 is 30.3 Å². The Balaban J connectivity index is 0.00000289. The third kappa shape index (κ3) is 5.05. The molecule has 4 N–H and O–H groups in total. The Labute approximate surface area is 114 Å². The molecule has 0 aromatic heterocycles. The van der Waals surface area contributed by atoms with Crippen molar-refractivity contribution in [2.75, 3.05) is 18.0 Å². The number of anilines is 1. The minimum atomic E-state index is -0.166. The second-order valence-electron chi connectivity index (χ2n) is 3.55. The highest BCUT2D eigenvalue weighted by molar-refractivity contribution is 5.85. The molecule has 0 aliphatic rings. The summed E-state index contributed by atoms with van der Waals surface area (Å²) in [4.78, 5) is 2.27. The number of nitrogens with two attached hydrogens (primary N) is 1. The molecule has 1 rings (SSSR count). The van der Waals surface area contributed by atoms with Crippen molar-refractivity contribution in [2.45, 2.75) is 13.8 Å². The molecular weight excluding hydrogens is 250 g/mol. The zero-order chi connectivity index (χ0) is 12.7. The fourth-order valence-corrected chi connectivity index (χ4v) is 1.54. The molecule has 0 radical (unpaired) electrons. The lowest BCUT2D eigenvalue weighted by atomic mass is 10.2. The Morgan fingerprint density at radius 2 is 1.89 bits per heavy atom. The summed E-state index contributed by atoms with van der Waals surface area (Å²) in [6, 6.07) is 8.09. The van der Waals surface area contributed by atoms with Crippen molar-refractivity contribution < 1.29 is 0 Å². The van der Waals surface area contributed by atoms with Crippen molar-refractivity contribution in [3.8, 4) is 0 Å². The zero-order valence-corrected chi connectivity index (χ0v) is 11.5. The van der Waals surface area contributed by atoms with Crippen molar-refractivity contribution in [2.24, 2.45) is 10.8 Å². The summed E-state index contributed by atoms with van der Waals surface area (Å²) in [6.07, 6.45) is 1.63. The number of guanidine groups is 1. The van der Waals surface area contributed by atoms with Crippen LogP contribution >= 0.6 is 12.4 Å². The molecule has 18 heavy (non-hydrogen) atoms. The van der Waals surface area contributed by atoms with Crippen LogP contribution in [0.5, 0.6) is 0 Å². The lowest BCUT2D eigenvalue weighted by Crippen LogP contribution is -2.25. The van der Waals surface area contributed by atoms with Gasteiger partial charge >= 0.3 is 0 Å². The van der Waals surface area contributed by atoms with Gasteiger partial charge in [-0.05, 0) is 31.5 Å². The SMILES string of the molecule is CCN(CC)c1ccc(C=NNC(=N)N)cc1.Cl. The van der Waals surface area contributed by atoms with Crippen molar-refractivity contribution in [3.63, 3.8) is 0 Å². The Hall–Kier alpha value is -1.75. The van der Waals surface area contributed by atoms with Gasteiger partial charge in [0.2, 0.25) is 5.96 Å². The van der Waals surface area contributed by atoms with Crippen LogP contribution in [-0.4, -0.2) is 25.3 Å². The van der Waals surface area contributed by atoms with E-state index in [0.29, 0.717) is 0 Å². The summed E-state index contributed by atoms with van der Waals surface area (Å²) >= 11 is 0. The van der Waals surface area contributed by atoms with Gasteiger partial charge in [0.05, 0.1) is 6.21 Å². The van der Waals surface area contributed by atoms with E-state index in [-0.39, 0.29) is 18.4 Å². The van der Waals surface area contributed by atoms with Crippen molar-refractivity contribution in [1.82, 2.24) is 5.43 Å². The van der Waals surface area contributed by atoms with Crippen LogP contribution in [-0.2, 0) is 0 Å². The number of benzene rings is 1. The third-order valence-electron chi connectivity index (χ3n) is 2.42. The molecule has 0 bridgehead atoms. The molecule has 1 aromatic carbocycles. The van der Waals surface area contributed by atoms with E-state index < -0.39 is 0 Å². The summed E-state index contributed by atoms with van der Waals surface area (Å²) < 4.78 is 0. The maximum absolute atomic E-state index is 6.95. The van der Waals surface area contributed by atoms with Crippen LogP contribution in [0.2, 0.25) is 0 Å². The standard InChI is InChI=1S/C12H19N5.ClH/c1-3-17(4-2)11-7-5-10(6-8-11)9-15-16-12(13)14;/h5-9H,3-4H2,1-2H3,(H4,13,14,16);1H. The summed E-state index contributed by atoms with van der Waals surface area (Å²) in [6.45, 7) is 6.26. The highest BCUT2D eigenvalue weighted by atomic mass is 35.5. The average molecular weight is 270 g/mol. The molecule has 0 atom stereocenters. The van der Waals surface area contributed by atoms with Gasteiger partial charge in [-0.2, -0.15) is 5.10 Å². The predicted octanol–water partition coefficient (Wildman–Crippen LogP) is 1.77. The molecule has 5 nitrogen and oxygen atoms in total. The van der Waals surface area contributed by atoms with E-state index in [1.807, 2.05) is 12.1 Å². The smallest absolute Gasteiger partial charge is 0.206 e. The molecule has 0 heterocycles. The highest BCUT2D eigenvalue weighted by Gasteiger charge is 2.00. The van der Waals surface area contributed by atoms with E-state index >= 15 is 0 Å². The third-order valence-corrected chi connectivity index (χ3v) is 2.42. The molecule has 0 spiro atoms. The highest BCUT2D eigenvalue weighted by Crippen LogP contribution is 2.13. The van der Waals surface area contributed by atoms with Gasteiger partial charge in [-0.25, -0.2) is 5.43 Å². The van der Waals surface area contributed by atoms with E-state index in [2.05, 4.69) is 41.4 Å². The van der Waals surface area contributed by atoms with Crippen LogP contribution < -0.4 is 16.1 Å². The van der Waals surface area contributed by atoms with Crippen molar-refractivity contribution in [1.29, 1.82) is 5.41 Å². The van der Waals surface area contributed by atoms with E-state index in [1.54, 1.807) is 6.21 Å². The van der Waals surface area contributed by atoms with Gasteiger partial charge in [0.15, 0.2) is 0 Å². The largest absolute Gasteiger partial charge is 0.372 e. The lowest BCUT2D eigenvalue weighted by Gasteiger charge is -2.20. The van der Waals surface area contributed by atoms with Gasteiger partial charge < -0.3 is 10.6 Å². The van der Waals surface area contributed by atoms with E-state index in [4.69, 9.17) is 11.1 Å². The Morgan fingerprint density at radius 1 is 1.33 bits per heavy atom. The minimum absolute atomic E-state index is 0. The Kier molecular flexibility index (Phi) is 7.54. The van der Waals surface area contributed by atoms with E-state index in [1.165, 1.54) is 5.69 Å². The van der Waals surface area contributed by atoms with Gasteiger partial charge in [-0.1, -0.05) is 12.1 Å². The van der Waals surface area contributed by atoms with Gasteiger partial charge in [0.25, 0.3) is 0 Å². The number of halogens is 1. The summed E-state index contributed by atoms with van der Waals surface area (Å²) in [5.74, 6) is -0.166. The van der Waals surface area contributed by atoms with Gasteiger partial charge in [-0.3, -0.25) is 5.41 Å². The second kappa shape index (κ2) is 8.36. The molecule has 0 fully saturated rings. The quantitative estimate of drug-likeness (QED) is 0.433. The first-order chi connectivity index (χ1) is 8.17.